The topological polar surface area (TPSA) is 86.0 Å². The molecule has 0 unspecified atom stereocenters. The third kappa shape index (κ3) is 5.08. The monoisotopic (exact) mass is 560 g/mol. The number of carboxylic acids is 1. The summed E-state index contributed by atoms with van der Waals surface area (Å²) in [4.78, 5) is 23.5. The predicted molar refractivity (Wildman–Crippen MR) is 121 cm³/mol. The van der Waals surface area contributed by atoms with Crippen molar-refractivity contribution >= 4 is 44.5 Å². The van der Waals surface area contributed by atoms with Gasteiger partial charge in [-0.15, -0.1) is 0 Å². The van der Waals surface area contributed by atoms with E-state index in [2.05, 4.69) is 15.9 Å². The minimum absolute atomic E-state index is 0.00886. The maximum atomic E-state index is 13.3. The van der Waals surface area contributed by atoms with E-state index < -0.39 is 28.2 Å². The van der Waals surface area contributed by atoms with Crippen molar-refractivity contribution in [1.82, 2.24) is 0 Å². The molecule has 1 fully saturated rings. The van der Waals surface area contributed by atoms with Gasteiger partial charge >= 0.3 is 12.1 Å². The highest BCUT2D eigenvalue weighted by molar-refractivity contribution is 9.10. The van der Waals surface area contributed by atoms with Gasteiger partial charge in [0.25, 0.3) is 0 Å². The lowest BCUT2D eigenvalue weighted by Gasteiger charge is -2.32. The molecule has 0 atom stereocenters. The summed E-state index contributed by atoms with van der Waals surface area (Å²) < 4.78 is 57.5. The summed E-state index contributed by atoms with van der Waals surface area (Å²) in [6.45, 7) is 0.319. The van der Waals surface area contributed by atoms with E-state index in [1.807, 2.05) is 0 Å². The van der Waals surface area contributed by atoms with Gasteiger partial charge in [0.1, 0.15) is 18.1 Å². The van der Waals surface area contributed by atoms with Crippen LogP contribution in [0.1, 0.15) is 18.4 Å². The van der Waals surface area contributed by atoms with E-state index in [4.69, 9.17) is 30.6 Å². The number of rotatable bonds is 7. The van der Waals surface area contributed by atoms with E-state index >= 15 is 0 Å². The molecule has 1 heterocycles. The molecule has 2 aromatic carbocycles. The first-order valence-electron chi connectivity index (χ1n) is 10.1. The number of aliphatic carboxylic acids is 1. The van der Waals surface area contributed by atoms with Crippen LogP contribution in [0, 0.1) is 5.92 Å². The van der Waals surface area contributed by atoms with Crippen LogP contribution in [0.15, 0.2) is 50.1 Å². The molecule has 0 amide bonds. The van der Waals surface area contributed by atoms with Crippen molar-refractivity contribution in [2.45, 2.75) is 25.1 Å². The first-order valence-corrected chi connectivity index (χ1v) is 11.3. The van der Waals surface area contributed by atoms with Crippen LogP contribution in [0.3, 0.4) is 0 Å². The van der Waals surface area contributed by atoms with Crippen LogP contribution >= 0.6 is 27.5 Å². The quantitative estimate of drug-likeness (QED) is 0.348. The number of fused-ring (bicyclic) bond motifs is 1. The summed E-state index contributed by atoms with van der Waals surface area (Å²) in [5.74, 6) is -0.927. The maximum absolute atomic E-state index is 13.3. The molecule has 0 spiro atoms. The van der Waals surface area contributed by atoms with E-state index in [-0.39, 0.29) is 42.0 Å². The molecule has 0 radical (unpaired) electrons. The molecular formula is C23H17BrClF3O6. The van der Waals surface area contributed by atoms with E-state index in [0.717, 1.165) is 12.1 Å². The molecule has 0 aliphatic heterocycles. The van der Waals surface area contributed by atoms with Crippen LogP contribution in [0.25, 0.3) is 22.3 Å². The molecule has 34 heavy (non-hydrogen) atoms. The van der Waals surface area contributed by atoms with Crippen molar-refractivity contribution in [3.05, 3.63) is 61.7 Å². The number of carboxylic acid groups (broad SMARTS) is 1. The molecule has 11 heteroatoms. The van der Waals surface area contributed by atoms with Gasteiger partial charge < -0.3 is 19.0 Å². The molecule has 0 bridgehead atoms. The Kier molecular flexibility index (Phi) is 6.93. The van der Waals surface area contributed by atoms with Crippen LogP contribution in [0.5, 0.6) is 5.75 Å². The lowest BCUT2D eigenvalue weighted by Crippen LogP contribution is -2.37. The first kappa shape index (κ1) is 24.6. The van der Waals surface area contributed by atoms with Crippen molar-refractivity contribution in [1.29, 1.82) is 0 Å². The summed E-state index contributed by atoms with van der Waals surface area (Å²) in [5, 5.41) is 8.14. The number of hydrogen-bond donors (Lipinski definition) is 1. The fourth-order valence-electron chi connectivity index (χ4n) is 3.63. The SMILES string of the molecule is O=C(O)C1CC(OCCOc2cc(Br)ccc2-c2cc(=O)c3ccc(C(F)(F)F)c(Cl)c3o2)C1. The van der Waals surface area contributed by atoms with Gasteiger partial charge in [-0.1, -0.05) is 27.5 Å². The van der Waals surface area contributed by atoms with Crippen molar-refractivity contribution in [3.8, 4) is 17.1 Å². The zero-order valence-corrected chi connectivity index (χ0v) is 19.7. The molecule has 6 nitrogen and oxygen atoms in total. The fourth-order valence-corrected chi connectivity index (χ4v) is 4.28. The van der Waals surface area contributed by atoms with E-state index in [9.17, 15) is 22.8 Å². The Hall–Kier alpha value is -2.56. The molecular weight excluding hydrogens is 545 g/mol. The van der Waals surface area contributed by atoms with E-state index in [1.54, 1.807) is 18.2 Å². The minimum atomic E-state index is -4.71. The maximum Gasteiger partial charge on any atom is 0.417 e. The Bertz CT molecular complexity index is 1300. The number of halogens is 5. The normalized spacial score (nSPS) is 18.0. The Balaban J connectivity index is 1.58. The van der Waals surface area contributed by atoms with Gasteiger partial charge in [0.2, 0.25) is 0 Å². The highest BCUT2D eigenvalue weighted by Crippen LogP contribution is 2.40. The zero-order chi connectivity index (χ0) is 24.6. The second kappa shape index (κ2) is 9.59. The molecule has 180 valence electrons. The smallest absolute Gasteiger partial charge is 0.417 e. The molecule has 1 N–H and O–H groups in total. The highest BCUT2D eigenvalue weighted by Gasteiger charge is 2.35. The van der Waals surface area contributed by atoms with Crippen LogP contribution in [0.2, 0.25) is 5.02 Å². The first-order chi connectivity index (χ1) is 16.0. The number of benzene rings is 2. The predicted octanol–water partition coefficient (Wildman–Crippen LogP) is 6.15. The summed E-state index contributed by atoms with van der Waals surface area (Å²) in [6.07, 6.45) is -3.97. The van der Waals surface area contributed by atoms with Gasteiger partial charge in [-0.25, -0.2) is 0 Å². The van der Waals surface area contributed by atoms with Crippen molar-refractivity contribution in [2.75, 3.05) is 13.2 Å². The van der Waals surface area contributed by atoms with E-state index in [0.29, 0.717) is 28.6 Å². The Labute approximate surface area is 204 Å². The molecule has 1 aliphatic rings. The summed E-state index contributed by atoms with van der Waals surface area (Å²) in [7, 11) is 0. The average molecular weight is 562 g/mol. The van der Waals surface area contributed by atoms with Gasteiger partial charge in [0, 0.05) is 10.5 Å². The van der Waals surface area contributed by atoms with Gasteiger partial charge in [-0.05, 0) is 43.2 Å². The lowest BCUT2D eigenvalue weighted by atomic mass is 9.82. The summed E-state index contributed by atoms with van der Waals surface area (Å²) in [5.41, 5.74) is -1.69. The van der Waals surface area contributed by atoms with Gasteiger partial charge in [-0.3, -0.25) is 9.59 Å². The third-order valence-corrected chi connectivity index (χ3v) is 6.36. The molecule has 1 aromatic heterocycles. The Morgan fingerprint density at radius 3 is 2.59 bits per heavy atom. The van der Waals surface area contributed by atoms with E-state index in [1.165, 1.54) is 6.07 Å². The molecule has 4 rings (SSSR count). The van der Waals surface area contributed by atoms with Crippen LogP contribution in [-0.4, -0.2) is 30.4 Å². The Morgan fingerprint density at radius 1 is 1.18 bits per heavy atom. The van der Waals surface area contributed by atoms with Crippen molar-refractivity contribution in [2.24, 2.45) is 5.92 Å². The number of ether oxygens (including phenoxy) is 2. The lowest BCUT2D eigenvalue weighted by molar-refractivity contribution is -0.151. The van der Waals surface area contributed by atoms with Crippen LogP contribution in [0.4, 0.5) is 13.2 Å². The number of hydrogen-bond acceptors (Lipinski definition) is 5. The van der Waals surface area contributed by atoms with Crippen LogP contribution < -0.4 is 10.2 Å². The van der Waals surface area contributed by atoms with Crippen molar-refractivity contribution in [3.63, 3.8) is 0 Å². The van der Waals surface area contributed by atoms with Crippen LogP contribution in [-0.2, 0) is 15.7 Å². The average Bonchev–Trinajstić information content (AvgIpc) is 2.71. The Morgan fingerprint density at radius 2 is 1.91 bits per heavy atom. The largest absolute Gasteiger partial charge is 0.490 e. The fraction of sp³-hybridized carbons (Fsp3) is 0.304. The summed E-state index contributed by atoms with van der Waals surface area (Å²) >= 11 is 9.29. The highest BCUT2D eigenvalue weighted by atomic mass is 79.9. The van der Waals surface area contributed by atoms with Crippen molar-refractivity contribution < 1.29 is 37.0 Å². The number of alkyl halides is 3. The zero-order valence-electron chi connectivity index (χ0n) is 17.3. The second-order valence-corrected chi connectivity index (χ2v) is 9.06. The second-order valence-electron chi connectivity index (χ2n) is 7.76. The number of carbonyl (C=O) groups is 1. The molecule has 1 saturated carbocycles. The molecule has 3 aromatic rings. The molecule has 0 saturated heterocycles. The minimum Gasteiger partial charge on any atom is -0.490 e. The summed E-state index contributed by atoms with van der Waals surface area (Å²) in [6, 6.07) is 7.82. The third-order valence-electron chi connectivity index (χ3n) is 5.49. The van der Waals surface area contributed by atoms with Gasteiger partial charge in [-0.2, -0.15) is 13.2 Å². The van der Waals surface area contributed by atoms with Gasteiger partial charge in [0.05, 0.1) is 40.2 Å². The van der Waals surface area contributed by atoms with Gasteiger partial charge in [0.15, 0.2) is 11.0 Å². The molecule has 1 aliphatic carbocycles. The standard InChI is InChI=1S/C23H17BrClF3O6/c24-12-1-2-15(18(9-12)33-6-5-32-13-7-11(8-13)22(30)31)19-10-17(29)14-3-4-16(23(26,27)28)20(25)21(14)34-19/h1-4,9-11,13H,5-8H2,(H,30,31).